The van der Waals surface area contributed by atoms with Gasteiger partial charge in [-0.15, -0.1) is 0 Å². The summed E-state index contributed by atoms with van der Waals surface area (Å²) in [7, 11) is 0. The van der Waals surface area contributed by atoms with E-state index in [9.17, 15) is 22.8 Å². The molecule has 0 spiro atoms. The molecule has 0 saturated heterocycles. The van der Waals surface area contributed by atoms with Crippen molar-refractivity contribution in [3.63, 3.8) is 0 Å². The number of hydrogen-bond acceptors (Lipinski definition) is 6. The minimum absolute atomic E-state index is 0.0329. The molecule has 0 bridgehead atoms. The molecule has 0 aliphatic carbocycles. The fourth-order valence-electron chi connectivity index (χ4n) is 2.34. The van der Waals surface area contributed by atoms with Gasteiger partial charge in [0.05, 0.1) is 18.8 Å². The SMILES string of the molecule is CC(=O)OCCCCOc1ccc(F)c(F)c1COc1ccc(F)cc1OC=O. The Bertz CT molecular complexity index is 856. The van der Waals surface area contributed by atoms with E-state index in [0.29, 0.717) is 12.8 Å². The van der Waals surface area contributed by atoms with Crippen molar-refractivity contribution in [3.05, 3.63) is 53.3 Å². The molecule has 2 aromatic carbocycles. The molecule has 0 N–H and O–H groups in total. The van der Waals surface area contributed by atoms with E-state index in [1.165, 1.54) is 19.1 Å². The van der Waals surface area contributed by atoms with Gasteiger partial charge in [-0.2, -0.15) is 0 Å². The third kappa shape index (κ3) is 6.70. The van der Waals surface area contributed by atoms with Gasteiger partial charge in [0.25, 0.3) is 6.47 Å². The summed E-state index contributed by atoms with van der Waals surface area (Å²) in [5.41, 5.74) is -0.189. The van der Waals surface area contributed by atoms with Gasteiger partial charge in [0, 0.05) is 13.0 Å². The summed E-state index contributed by atoms with van der Waals surface area (Å²) in [5.74, 6) is -3.46. The van der Waals surface area contributed by atoms with Gasteiger partial charge in [-0.3, -0.25) is 9.59 Å². The summed E-state index contributed by atoms with van der Waals surface area (Å²) in [6.45, 7) is 1.35. The summed E-state index contributed by atoms with van der Waals surface area (Å²) in [6.07, 6.45) is 1.05. The largest absolute Gasteiger partial charge is 0.493 e. The Labute approximate surface area is 165 Å². The molecule has 0 heterocycles. The third-order valence-electron chi connectivity index (χ3n) is 3.71. The van der Waals surface area contributed by atoms with Crippen LogP contribution >= 0.6 is 0 Å². The van der Waals surface area contributed by atoms with Crippen molar-refractivity contribution in [1.29, 1.82) is 0 Å². The zero-order valence-corrected chi connectivity index (χ0v) is 15.6. The lowest BCUT2D eigenvalue weighted by Gasteiger charge is -2.15. The molecule has 0 aromatic heterocycles. The first kappa shape index (κ1) is 22.1. The first-order valence-corrected chi connectivity index (χ1v) is 8.68. The van der Waals surface area contributed by atoms with Crippen LogP contribution in [-0.2, 0) is 20.9 Å². The predicted molar refractivity (Wildman–Crippen MR) is 95.1 cm³/mol. The van der Waals surface area contributed by atoms with Crippen LogP contribution in [-0.4, -0.2) is 25.7 Å². The lowest BCUT2D eigenvalue weighted by molar-refractivity contribution is -0.141. The molecule has 9 heteroatoms. The summed E-state index contributed by atoms with van der Waals surface area (Å²) < 4.78 is 61.5. The molecule has 2 rings (SSSR count). The standard InChI is InChI=1S/C20H19F3O6/c1-13(25)26-8-2-3-9-27-17-7-5-16(22)20(23)15(17)11-28-18-6-4-14(21)10-19(18)29-12-24/h4-7,10,12H,2-3,8-9,11H2,1H3. The molecule has 156 valence electrons. The molecular formula is C20H19F3O6. The van der Waals surface area contributed by atoms with Crippen molar-refractivity contribution in [1.82, 2.24) is 0 Å². The lowest BCUT2D eigenvalue weighted by Crippen LogP contribution is -2.08. The minimum atomic E-state index is -1.15. The van der Waals surface area contributed by atoms with Crippen LogP contribution in [0.1, 0.15) is 25.3 Å². The van der Waals surface area contributed by atoms with Gasteiger partial charge in [0.15, 0.2) is 23.1 Å². The van der Waals surface area contributed by atoms with Gasteiger partial charge >= 0.3 is 5.97 Å². The van der Waals surface area contributed by atoms with Crippen LogP contribution < -0.4 is 14.2 Å². The van der Waals surface area contributed by atoms with Crippen molar-refractivity contribution in [2.75, 3.05) is 13.2 Å². The summed E-state index contributed by atoms with van der Waals surface area (Å²) >= 11 is 0. The molecule has 0 saturated carbocycles. The van der Waals surface area contributed by atoms with Crippen LogP contribution in [0.25, 0.3) is 0 Å². The van der Waals surface area contributed by atoms with E-state index >= 15 is 0 Å². The maximum Gasteiger partial charge on any atom is 0.302 e. The van der Waals surface area contributed by atoms with Crippen molar-refractivity contribution in [2.45, 2.75) is 26.4 Å². The van der Waals surface area contributed by atoms with Crippen molar-refractivity contribution in [2.24, 2.45) is 0 Å². The van der Waals surface area contributed by atoms with Gasteiger partial charge in [0.2, 0.25) is 0 Å². The van der Waals surface area contributed by atoms with E-state index < -0.39 is 24.1 Å². The molecule has 0 amide bonds. The fourth-order valence-corrected chi connectivity index (χ4v) is 2.34. The average molecular weight is 412 g/mol. The minimum Gasteiger partial charge on any atom is -0.493 e. The number of carbonyl (C=O) groups is 2. The molecule has 6 nitrogen and oxygen atoms in total. The topological polar surface area (TPSA) is 71.1 Å². The quantitative estimate of drug-likeness (QED) is 0.316. The number of ether oxygens (including phenoxy) is 4. The molecule has 0 aliphatic heterocycles. The van der Waals surface area contributed by atoms with E-state index in [0.717, 1.165) is 18.2 Å². The number of rotatable bonds is 11. The van der Waals surface area contributed by atoms with E-state index in [2.05, 4.69) is 4.74 Å². The molecule has 0 atom stereocenters. The first-order chi connectivity index (χ1) is 13.9. The maximum atomic E-state index is 14.3. The zero-order chi connectivity index (χ0) is 21.2. The Balaban J connectivity index is 2.05. The van der Waals surface area contributed by atoms with Crippen LogP contribution in [0.15, 0.2) is 30.3 Å². The second kappa shape index (κ2) is 10.9. The number of carbonyl (C=O) groups excluding carboxylic acids is 2. The normalized spacial score (nSPS) is 10.3. The monoisotopic (exact) mass is 412 g/mol. The Hall–Kier alpha value is -3.23. The van der Waals surface area contributed by atoms with Crippen LogP contribution in [0.5, 0.6) is 17.2 Å². The molecule has 29 heavy (non-hydrogen) atoms. The highest BCUT2D eigenvalue weighted by Crippen LogP contribution is 2.31. The van der Waals surface area contributed by atoms with Crippen molar-refractivity contribution >= 4 is 12.4 Å². The summed E-state index contributed by atoms with van der Waals surface area (Å²) in [4.78, 5) is 21.2. The number of esters is 1. The van der Waals surface area contributed by atoms with Gasteiger partial charge in [-0.1, -0.05) is 0 Å². The highest BCUT2D eigenvalue weighted by molar-refractivity contribution is 5.65. The number of benzene rings is 2. The summed E-state index contributed by atoms with van der Waals surface area (Å²) in [6, 6.07) is 5.37. The van der Waals surface area contributed by atoms with Gasteiger partial charge in [-0.25, -0.2) is 13.2 Å². The third-order valence-corrected chi connectivity index (χ3v) is 3.71. The van der Waals surface area contributed by atoms with Crippen LogP contribution in [0.3, 0.4) is 0 Å². The van der Waals surface area contributed by atoms with E-state index in [4.69, 9.17) is 14.2 Å². The second-order valence-corrected chi connectivity index (χ2v) is 5.83. The number of hydrogen-bond donors (Lipinski definition) is 0. The van der Waals surface area contributed by atoms with Crippen LogP contribution in [0, 0.1) is 17.5 Å². The van der Waals surface area contributed by atoms with Crippen LogP contribution in [0.4, 0.5) is 13.2 Å². The average Bonchev–Trinajstić information content (AvgIpc) is 2.68. The predicted octanol–water partition coefficient (Wildman–Crippen LogP) is 3.94. The first-order valence-electron chi connectivity index (χ1n) is 8.68. The Morgan fingerprint density at radius 3 is 2.41 bits per heavy atom. The van der Waals surface area contributed by atoms with Crippen LogP contribution in [0.2, 0.25) is 0 Å². The van der Waals surface area contributed by atoms with E-state index in [1.807, 2.05) is 0 Å². The molecular weight excluding hydrogens is 393 g/mol. The molecule has 0 unspecified atom stereocenters. The molecule has 2 aromatic rings. The van der Waals surface area contributed by atoms with Crippen molar-refractivity contribution < 1.29 is 41.7 Å². The Kier molecular flexibility index (Phi) is 8.32. The van der Waals surface area contributed by atoms with Crippen molar-refractivity contribution in [3.8, 4) is 17.2 Å². The highest BCUT2D eigenvalue weighted by Gasteiger charge is 2.17. The highest BCUT2D eigenvalue weighted by atomic mass is 19.2. The van der Waals surface area contributed by atoms with Gasteiger partial charge < -0.3 is 18.9 Å². The van der Waals surface area contributed by atoms with E-state index in [1.54, 1.807) is 0 Å². The maximum absolute atomic E-state index is 14.3. The molecule has 0 fully saturated rings. The number of halogens is 3. The molecule has 0 radical (unpaired) electrons. The van der Waals surface area contributed by atoms with E-state index in [-0.39, 0.29) is 48.5 Å². The second-order valence-electron chi connectivity index (χ2n) is 5.83. The lowest BCUT2D eigenvalue weighted by atomic mass is 10.2. The van der Waals surface area contributed by atoms with Gasteiger partial charge in [-0.05, 0) is 37.1 Å². The Morgan fingerprint density at radius 1 is 0.966 bits per heavy atom. The summed E-state index contributed by atoms with van der Waals surface area (Å²) in [5, 5.41) is 0. The van der Waals surface area contributed by atoms with Gasteiger partial charge in [0.1, 0.15) is 18.2 Å². The fraction of sp³-hybridized carbons (Fsp3) is 0.300. The zero-order valence-electron chi connectivity index (χ0n) is 15.6. The smallest absolute Gasteiger partial charge is 0.302 e. The number of unbranched alkanes of at least 4 members (excludes halogenated alkanes) is 1. The molecule has 0 aliphatic rings. The Morgan fingerprint density at radius 2 is 1.69 bits per heavy atom.